The highest BCUT2D eigenvalue weighted by molar-refractivity contribution is 14.0. The Bertz CT molecular complexity index is 880. The fourth-order valence-corrected chi connectivity index (χ4v) is 5.75. The molecule has 6 nitrogen and oxygen atoms in total. The predicted octanol–water partition coefficient (Wildman–Crippen LogP) is 3.45. The molecule has 9 heteroatoms. The quantitative estimate of drug-likeness (QED) is 0.316. The van der Waals surface area contributed by atoms with E-state index in [-0.39, 0.29) is 24.0 Å². The Labute approximate surface area is 194 Å². The molecule has 3 rings (SSSR count). The average molecular weight is 549 g/mol. The summed E-state index contributed by atoms with van der Waals surface area (Å²) in [5.41, 5.74) is 0.759. The van der Waals surface area contributed by atoms with Crippen molar-refractivity contribution in [3.05, 3.63) is 52.2 Å². The van der Waals surface area contributed by atoms with Crippen molar-refractivity contribution in [2.75, 3.05) is 26.7 Å². The van der Waals surface area contributed by atoms with Crippen molar-refractivity contribution < 1.29 is 8.42 Å². The molecule has 160 valence electrons. The Kier molecular flexibility index (Phi) is 9.87. The number of piperidine rings is 1. The lowest BCUT2D eigenvalue weighted by atomic mass is 10.2. The molecule has 1 aliphatic heterocycles. The third-order valence-electron chi connectivity index (χ3n) is 4.82. The normalized spacial score (nSPS) is 15.6. The minimum atomic E-state index is -3.46. The van der Waals surface area contributed by atoms with Gasteiger partial charge in [0.25, 0.3) is 0 Å². The van der Waals surface area contributed by atoms with Crippen LogP contribution < -0.4 is 10.6 Å². The number of aliphatic imine (C=N–C) groups is 1. The Morgan fingerprint density at radius 2 is 1.86 bits per heavy atom. The summed E-state index contributed by atoms with van der Waals surface area (Å²) in [4.78, 5) is 5.95. The molecule has 0 atom stereocenters. The van der Waals surface area contributed by atoms with E-state index in [4.69, 9.17) is 0 Å². The first-order valence-corrected chi connectivity index (χ1v) is 12.0. The molecule has 2 N–H and O–H groups in total. The second-order valence-corrected chi connectivity index (χ2v) is 9.69. The van der Waals surface area contributed by atoms with Crippen LogP contribution in [0, 0.1) is 0 Å². The average Bonchev–Trinajstić information content (AvgIpc) is 3.25. The molecule has 1 fully saturated rings. The number of benzene rings is 1. The first-order valence-electron chi connectivity index (χ1n) is 9.66. The number of nitrogens with one attached hydrogen (secondary N) is 2. The zero-order valence-corrected chi connectivity index (χ0v) is 20.6. The minimum absolute atomic E-state index is 0. The van der Waals surface area contributed by atoms with Gasteiger partial charge >= 0.3 is 0 Å². The van der Waals surface area contributed by atoms with Crippen molar-refractivity contribution in [2.45, 2.75) is 37.1 Å². The Morgan fingerprint density at radius 3 is 2.55 bits per heavy atom. The zero-order chi connectivity index (χ0) is 19.8. The van der Waals surface area contributed by atoms with Crippen LogP contribution in [0.5, 0.6) is 0 Å². The largest absolute Gasteiger partial charge is 0.356 e. The van der Waals surface area contributed by atoms with Crippen molar-refractivity contribution in [3.8, 4) is 0 Å². The molecule has 2 heterocycles. The van der Waals surface area contributed by atoms with Crippen molar-refractivity contribution in [2.24, 2.45) is 4.99 Å². The molecule has 1 saturated heterocycles. The first-order chi connectivity index (χ1) is 13.6. The van der Waals surface area contributed by atoms with Crippen molar-refractivity contribution in [3.63, 3.8) is 0 Å². The van der Waals surface area contributed by atoms with Crippen molar-refractivity contribution in [1.29, 1.82) is 0 Å². The Morgan fingerprint density at radius 1 is 1.10 bits per heavy atom. The highest BCUT2D eigenvalue weighted by Crippen LogP contribution is 2.23. The number of nitrogens with zero attached hydrogens (tertiary/aromatic N) is 2. The van der Waals surface area contributed by atoms with E-state index in [1.165, 1.54) is 4.88 Å². The number of halogens is 1. The summed E-state index contributed by atoms with van der Waals surface area (Å²) in [7, 11) is -1.74. The molecule has 0 bridgehead atoms. The van der Waals surface area contributed by atoms with Gasteiger partial charge in [0.05, 0.1) is 4.90 Å². The summed E-state index contributed by atoms with van der Waals surface area (Å²) in [6.45, 7) is 2.39. The molecular formula is C20H29IN4O2S2. The van der Waals surface area contributed by atoms with Gasteiger partial charge < -0.3 is 10.6 Å². The smallest absolute Gasteiger partial charge is 0.243 e. The van der Waals surface area contributed by atoms with Gasteiger partial charge in [0.2, 0.25) is 10.0 Å². The molecule has 0 radical (unpaired) electrons. The molecule has 1 aromatic heterocycles. The van der Waals surface area contributed by atoms with E-state index in [1.54, 1.807) is 34.8 Å². The maximum Gasteiger partial charge on any atom is 0.243 e. The van der Waals surface area contributed by atoms with E-state index >= 15 is 0 Å². The fraction of sp³-hybridized carbons (Fsp3) is 0.450. The highest BCUT2D eigenvalue weighted by atomic mass is 127. The monoisotopic (exact) mass is 548 g/mol. The summed E-state index contributed by atoms with van der Waals surface area (Å²) < 4.78 is 27.8. The zero-order valence-electron chi connectivity index (χ0n) is 16.6. The van der Waals surface area contributed by atoms with Crippen LogP contribution >= 0.6 is 35.3 Å². The number of guanidine groups is 1. The number of hydrogen-bond donors (Lipinski definition) is 2. The molecule has 1 aromatic carbocycles. The summed E-state index contributed by atoms with van der Waals surface area (Å²) in [6.07, 6.45) is 3.89. The molecule has 0 unspecified atom stereocenters. The van der Waals surface area contributed by atoms with E-state index in [0.717, 1.165) is 37.8 Å². The molecule has 0 amide bonds. The lowest BCUT2D eigenvalue weighted by molar-refractivity contribution is 0.346. The summed E-state index contributed by atoms with van der Waals surface area (Å²) in [5.74, 6) is 0.668. The van der Waals surface area contributed by atoms with Gasteiger partial charge in [-0.3, -0.25) is 4.99 Å². The van der Waals surface area contributed by atoms with Gasteiger partial charge in [-0.2, -0.15) is 4.31 Å². The topological polar surface area (TPSA) is 73.8 Å². The fourth-order valence-electron chi connectivity index (χ4n) is 3.30. The number of hydrogen-bond acceptors (Lipinski definition) is 4. The summed E-state index contributed by atoms with van der Waals surface area (Å²) >= 11 is 1.74. The van der Waals surface area contributed by atoms with Crippen LogP contribution in [0.1, 0.15) is 29.7 Å². The van der Waals surface area contributed by atoms with Crippen LogP contribution in [-0.4, -0.2) is 45.4 Å². The standard InChI is InChI=1S/C20H28N4O2S2.HI/c1-21-20(22-12-11-18-9-7-15-27-18)23-16-17-8-3-4-10-19(17)28(25,26)24-13-5-2-6-14-24;/h3-4,7-10,15H,2,5-6,11-14,16H2,1H3,(H2,21,22,23);1H. The summed E-state index contributed by atoms with van der Waals surface area (Å²) in [6, 6.07) is 11.4. The van der Waals surface area contributed by atoms with Crippen LogP contribution in [-0.2, 0) is 23.0 Å². The van der Waals surface area contributed by atoms with Crippen molar-refractivity contribution in [1.82, 2.24) is 14.9 Å². The minimum Gasteiger partial charge on any atom is -0.356 e. The van der Waals surface area contributed by atoms with Gasteiger partial charge in [0.15, 0.2) is 5.96 Å². The van der Waals surface area contributed by atoms with E-state index < -0.39 is 10.0 Å². The number of sulfonamides is 1. The van der Waals surface area contributed by atoms with Crippen LogP contribution in [0.3, 0.4) is 0 Å². The molecular weight excluding hydrogens is 519 g/mol. The third-order valence-corrected chi connectivity index (χ3v) is 7.75. The lowest BCUT2D eigenvalue weighted by Gasteiger charge is -2.27. The lowest BCUT2D eigenvalue weighted by Crippen LogP contribution is -2.39. The first kappa shape index (κ1) is 24.1. The van der Waals surface area contributed by atoms with Gasteiger partial charge in [-0.25, -0.2) is 8.42 Å². The van der Waals surface area contributed by atoms with E-state index in [1.807, 2.05) is 18.2 Å². The van der Waals surface area contributed by atoms with Crippen molar-refractivity contribution >= 4 is 51.3 Å². The molecule has 0 aliphatic carbocycles. The van der Waals surface area contributed by atoms with E-state index in [9.17, 15) is 8.42 Å². The molecule has 29 heavy (non-hydrogen) atoms. The SMILES string of the molecule is CN=C(NCCc1cccs1)NCc1ccccc1S(=O)(=O)N1CCCCC1.I. The van der Waals surface area contributed by atoms with Crippen LogP contribution in [0.2, 0.25) is 0 Å². The second-order valence-electron chi connectivity index (χ2n) is 6.75. The van der Waals surface area contributed by atoms with Crippen LogP contribution in [0.4, 0.5) is 0 Å². The predicted molar refractivity (Wildman–Crippen MR) is 131 cm³/mol. The van der Waals surface area contributed by atoms with Gasteiger partial charge in [0, 0.05) is 38.1 Å². The summed E-state index contributed by atoms with van der Waals surface area (Å²) in [5, 5.41) is 8.60. The number of rotatable bonds is 7. The Hall–Kier alpha value is -1.17. The molecule has 0 spiro atoms. The van der Waals surface area contributed by atoms with Crippen LogP contribution in [0.25, 0.3) is 0 Å². The second kappa shape index (κ2) is 11.9. The van der Waals surface area contributed by atoms with E-state index in [0.29, 0.717) is 30.5 Å². The van der Waals surface area contributed by atoms with Gasteiger partial charge in [-0.1, -0.05) is 30.7 Å². The van der Waals surface area contributed by atoms with Gasteiger partial charge in [-0.15, -0.1) is 35.3 Å². The van der Waals surface area contributed by atoms with Crippen LogP contribution in [0.15, 0.2) is 51.7 Å². The highest BCUT2D eigenvalue weighted by Gasteiger charge is 2.27. The maximum atomic E-state index is 13.1. The molecule has 1 aliphatic rings. The Balaban J connectivity index is 0.00000300. The third kappa shape index (κ3) is 6.66. The van der Waals surface area contributed by atoms with Gasteiger partial charge in [-0.05, 0) is 42.3 Å². The molecule has 0 saturated carbocycles. The van der Waals surface area contributed by atoms with Gasteiger partial charge in [0.1, 0.15) is 0 Å². The molecule has 2 aromatic rings. The number of thiophene rings is 1. The van der Waals surface area contributed by atoms with E-state index in [2.05, 4.69) is 27.1 Å². The maximum absolute atomic E-state index is 13.1.